The van der Waals surface area contributed by atoms with E-state index in [4.69, 9.17) is 5.73 Å². The van der Waals surface area contributed by atoms with Gasteiger partial charge in [0.05, 0.1) is 6.67 Å². The number of aromatic hydroxyl groups is 1. The summed E-state index contributed by atoms with van der Waals surface area (Å²) >= 11 is 0. The highest BCUT2D eigenvalue weighted by molar-refractivity contribution is 5.41. The van der Waals surface area contributed by atoms with Crippen molar-refractivity contribution in [3.05, 3.63) is 29.1 Å². The first-order valence-corrected chi connectivity index (χ1v) is 4.36. The van der Waals surface area contributed by atoms with Crippen molar-refractivity contribution in [2.24, 2.45) is 5.73 Å². The minimum Gasteiger partial charge on any atom is -0.507 e. The normalized spacial score (nSPS) is 12.9. The third kappa shape index (κ3) is 2.20. The first kappa shape index (κ1) is 10.9. The summed E-state index contributed by atoms with van der Waals surface area (Å²) in [7, 11) is 0. The number of aryl methyl sites for hydroxylation is 1. The van der Waals surface area contributed by atoms with Crippen LogP contribution in [-0.2, 0) is 0 Å². The third-order valence-electron chi connectivity index (χ3n) is 2.11. The molecule has 0 amide bonds. The summed E-state index contributed by atoms with van der Waals surface area (Å²) in [6.07, 6.45) is 0.0798. The molecule has 0 aromatic heterocycles. The lowest BCUT2D eigenvalue weighted by molar-refractivity contribution is 0.420. The Balaban J connectivity index is 3.07. The van der Waals surface area contributed by atoms with Gasteiger partial charge in [-0.1, -0.05) is 0 Å². The van der Waals surface area contributed by atoms with Gasteiger partial charge in [-0.2, -0.15) is 0 Å². The Morgan fingerprint density at radius 3 is 2.71 bits per heavy atom. The number of hydrogen-bond donors (Lipinski definition) is 2. The van der Waals surface area contributed by atoms with E-state index < -0.39 is 18.5 Å². The van der Waals surface area contributed by atoms with E-state index in [1.165, 1.54) is 6.07 Å². The molecule has 0 unspecified atom stereocenters. The van der Waals surface area contributed by atoms with E-state index >= 15 is 0 Å². The smallest absolute Gasteiger partial charge is 0.124 e. The van der Waals surface area contributed by atoms with E-state index in [1.54, 1.807) is 6.92 Å². The van der Waals surface area contributed by atoms with Crippen LogP contribution in [0, 0.1) is 12.7 Å². The van der Waals surface area contributed by atoms with Gasteiger partial charge < -0.3 is 10.8 Å². The molecule has 4 heteroatoms. The minimum absolute atomic E-state index is 0.0487. The van der Waals surface area contributed by atoms with Crippen molar-refractivity contribution in [2.45, 2.75) is 19.4 Å². The Morgan fingerprint density at radius 1 is 1.50 bits per heavy atom. The molecule has 0 saturated carbocycles. The van der Waals surface area contributed by atoms with Gasteiger partial charge in [-0.05, 0) is 31.0 Å². The maximum Gasteiger partial charge on any atom is 0.124 e. The summed E-state index contributed by atoms with van der Waals surface area (Å²) in [5.41, 5.74) is 6.25. The van der Waals surface area contributed by atoms with Gasteiger partial charge in [-0.25, -0.2) is 4.39 Å². The van der Waals surface area contributed by atoms with Gasteiger partial charge in [0.15, 0.2) is 0 Å². The maximum atomic E-state index is 12.9. The Morgan fingerprint density at radius 2 is 2.14 bits per heavy atom. The second kappa shape index (κ2) is 4.37. The van der Waals surface area contributed by atoms with Crippen LogP contribution in [0.4, 0.5) is 8.78 Å². The standard InChI is InChI=1S/C10H13F2NO/c1-6-4-7(12)5-8(10(6)14)9(13)2-3-11/h4-5,9,14H,2-3,13H2,1H3/t9-/m0/s1. The molecule has 78 valence electrons. The zero-order valence-corrected chi connectivity index (χ0v) is 7.93. The summed E-state index contributed by atoms with van der Waals surface area (Å²) in [5.74, 6) is -0.517. The van der Waals surface area contributed by atoms with Crippen molar-refractivity contribution < 1.29 is 13.9 Å². The van der Waals surface area contributed by atoms with Crippen molar-refractivity contribution >= 4 is 0 Å². The lowest BCUT2D eigenvalue weighted by Gasteiger charge is -2.13. The summed E-state index contributed by atoms with van der Waals surface area (Å²) in [6, 6.07) is 1.69. The van der Waals surface area contributed by atoms with E-state index in [9.17, 15) is 13.9 Å². The highest BCUT2D eigenvalue weighted by Crippen LogP contribution is 2.29. The number of rotatable bonds is 3. The number of alkyl halides is 1. The third-order valence-corrected chi connectivity index (χ3v) is 2.11. The van der Waals surface area contributed by atoms with Gasteiger partial charge >= 0.3 is 0 Å². The second-order valence-corrected chi connectivity index (χ2v) is 3.24. The lowest BCUT2D eigenvalue weighted by atomic mass is 10.0. The van der Waals surface area contributed by atoms with Crippen LogP contribution < -0.4 is 5.73 Å². The van der Waals surface area contributed by atoms with Crippen LogP contribution in [0.2, 0.25) is 0 Å². The number of benzene rings is 1. The monoisotopic (exact) mass is 201 g/mol. The average Bonchev–Trinajstić information content (AvgIpc) is 2.11. The SMILES string of the molecule is Cc1cc(F)cc([C@@H](N)CCF)c1O. The molecule has 0 aliphatic carbocycles. The van der Waals surface area contributed by atoms with Crippen molar-refractivity contribution in [2.75, 3.05) is 6.67 Å². The molecule has 3 N–H and O–H groups in total. The van der Waals surface area contributed by atoms with Crippen LogP contribution in [0.15, 0.2) is 12.1 Å². The summed E-state index contributed by atoms with van der Waals surface area (Å²) in [6.45, 7) is 0.986. The topological polar surface area (TPSA) is 46.2 Å². The largest absolute Gasteiger partial charge is 0.507 e. The van der Waals surface area contributed by atoms with E-state index in [1.807, 2.05) is 0 Å². The molecule has 0 aliphatic heterocycles. The lowest BCUT2D eigenvalue weighted by Crippen LogP contribution is -2.11. The summed E-state index contributed by atoms with van der Waals surface area (Å²) < 4.78 is 25.0. The molecular weight excluding hydrogens is 188 g/mol. The quantitative estimate of drug-likeness (QED) is 0.787. The van der Waals surface area contributed by atoms with Crippen LogP contribution in [0.25, 0.3) is 0 Å². The fourth-order valence-corrected chi connectivity index (χ4v) is 1.32. The first-order valence-electron chi connectivity index (χ1n) is 4.36. The fraction of sp³-hybridized carbons (Fsp3) is 0.400. The molecule has 0 radical (unpaired) electrons. The Labute approximate surface area is 81.4 Å². The van der Waals surface area contributed by atoms with Crippen molar-refractivity contribution in [3.8, 4) is 5.75 Å². The van der Waals surface area contributed by atoms with E-state index in [0.29, 0.717) is 5.56 Å². The molecule has 0 bridgehead atoms. The van der Waals surface area contributed by atoms with Crippen molar-refractivity contribution in [1.82, 2.24) is 0 Å². The van der Waals surface area contributed by atoms with Gasteiger partial charge in [0.1, 0.15) is 11.6 Å². The summed E-state index contributed by atoms with van der Waals surface area (Å²) in [4.78, 5) is 0. The predicted molar refractivity (Wildman–Crippen MR) is 50.3 cm³/mol. The molecule has 0 spiro atoms. The summed E-state index contributed by atoms with van der Waals surface area (Å²) in [5, 5.41) is 9.55. The maximum absolute atomic E-state index is 12.9. The minimum atomic E-state index is -0.658. The van der Waals surface area contributed by atoms with E-state index in [2.05, 4.69) is 0 Å². The van der Waals surface area contributed by atoms with Gasteiger partial charge in [0.2, 0.25) is 0 Å². The van der Waals surface area contributed by atoms with Crippen LogP contribution in [0.5, 0.6) is 5.75 Å². The van der Waals surface area contributed by atoms with Crippen LogP contribution in [0.3, 0.4) is 0 Å². The molecule has 1 aromatic carbocycles. The van der Waals surface area contributed by atoms with Crippen LogP contribution >= 0.6 is 0 Å². The molecule has 14 heavy (non-hydrogen) atoms. The molecule has 2 nitrogen and oxygen atoms in total. The molecular formula is C10H13F2NO. The van der Waals surface area contributed by atoms with Gasteiger partial charge in [-0.3, -0.25) is 4.39 Å². The van der Waals surface area contributed by atoms with Gasteiger partial charge in [-0.15, -0.1) is 0 Å². The number of hydrogen-bond acceptors (Lipinski definition) is 2. The van der Waals surface area contributed by atoms with Crippen molar-refractivity contribution in [3.63, 3.8) is 0 Å². The highest BCUT2D eigenvalue weighted by atomic mass is 19.1. The molecule has 1 aromatic rings. The molecule has 1 atom stereocenters. The predicted octanol–water partition coefficient (Wildman–Crippen LogP) is 2.20. The van der Waals surface area contributed by atoms with Gasteiger partial charge in [0, 0.05) is 11.6 Å². The van der Waals surface area contributed by atoms with Crippen LogP contribution in [0.1, 0.15) is 23.6 Å². The highest BCUT2D eigenvalue weighted by Gasteiger charge is 2.13. The molecule has 0 heterocycles. The number of phenolic OH excluding ortho intramolecular Hbond substituents is 1. The average molecular weight is 201 g/mol. The first-order chi connectivity index (χ1) is 6.56. The zero-order valence-electron chi connectivity index (χ0n) is 7.93. The van der Waals surface area contributed by atoms with Crippen molar-refractivity contribution in [1.29, 1.82) is 0 Å². The van der Waals surface area contributed by atoms with E-state index in [0.717, 1.165) is 6.07 Å². The Hall–Kier alpha value is -1.16. The molecule has 0 saturated heterocycles. The fourth-order valence-electron chi connectivity index (χ4n) is 1.32. The zero-order chi connectivity index (χ0) is 10.7. The number of nitrogens with two attached hydrogens (primary N) is 1. The van der Waals surface area contributed by atoms with E-state index in [-0.39, 0.29) is 17.7 Å². The number of phenols is 1. The molecule has 0 aliphatic rings. The Kier molecular flexibility index (Phi) is 3.41. The number of halogens is 2. The van der Waals surface area contributed by atoms with Crippen LogP contribution in [-0.4, -0.2) is 11.8 Å². The second-order valence-electron chi connectivity index (χ2n) is 3.24. The van der Waals surface area contributed by atoms with Gasteiger partial charge in [0.25, 0.3) is 0 Å². The molecule has 0 fully saturated rings. The molecule has 1 rings (SSSR count). The Bertz CT molecular complexity index is 328.